The lowest BCUT2D eigenvalue weighted by atomic mass is 9.82. The summed E-state index contributed by atoms with van der Waals surface area (Å²) < 4.78 is 25.8. The van der Waals surface area contributed by atoms with Crippen LogP contribution in [0.1, 0.15) is 55.6 Å². The minimum Gasteiger partial charge on any atom is -0.388 e. The minimum atomic E-state index is -1.29. The van der Waals surface area contributed by atoms with E-state index in [1.807, 2.05) is 13.8 Å². The highest BCUT2D eigenvalue weighted by molar-refractivity contribution is 6.30. The molecule has 0 aliphatic carbocycles. The molecule has 0 unspecified atom stereocenters. The fourth-order valence-corrected chi connectivity index (χ4v) is 5.53. The third kappa shape index (κ3) is 8.96. The van der Waals surface area contributed by atoms with Gasteiger partial charge in [0.15, 0.2) is 0 Å². The molecule has 2 aromatic rings. The number of halogens is 2. The van der Waals surface area contributed by atoms with Crippen LogP contribution in [-0.4, -0.2) is 90.1 Å². The average Bonchev–Trinajstić information content (AvgIpc) is 2.93. The quantitative estimate of drug-likeness (QED) is 0.548. The zero-order valence-corrected chi connectivity index (χ0v) is 25.0. The molecule has 1 heterocycles. The lowest BCUT2D eigenvalue weighted by molar-refractivity contribution is -0.138. The van der Waals surface area contributed by atoms with E-state index in [4.69, 9.17) is 21.1 Å². The Hall–Kier alpha value is -2.56. The summed E-state index contributed by atoms with van der Waals surface area (Å²) >= 11 is 6.25. The van der Waals surface area contributed by atoms with E-state index in [0.717, 1.165) is 0 Å². The Kier molecular flexibility index (Phi) is 12.5. The normalized spacial score (nSPS) is 25.4. The van der Waals surface area contributed by atoms with Crippen molar-refractivity contribution in [3.63, 3.8) is 0 Å². The molecule has 0 bridgehead atoms. The van der Waals surface area contributed by atoms with Crippen molar-refractivity contribution in [1.29, 1.82) is 0 Å². The molecule has 1 aliphatic rings. The molecule has 0 saturated carbocycles. The summed E-state index contributed by atoms with van der Waals surface area (Å²) in [6, 6.07) is 12.3. The van der Waals surface area contributed by atoms with Crippen LogP contribution in [0.3, 0.4) is 0 Å². The molecule has 3 rings (SSSR count). The van der Waals surface area contributed by atoms with Crippen LogP contribution < -0.4 is 0 Å². The van der Waals surface area contributed by atoms with Gasteiger partial charge in [0.25, 0.3) is 5.91 Å². The van der Waals surface area contributed by atoms with Crippen LogP contribution in [0.5, 0.6) is 0 Å². The number of hydrogen-bond donors (Lipinski definition) is 2. The van der Waals surface area contributed by atoms with E-state index in [1.54, 1.807) is 46.2 Å². The Morgan fingerprint density at radius 1 is 1.10 bits per heavy atom. The van der Waals surface area contributed by atoms with Gasteiger partial charge in [-0.25, -0.2) is 4.39 Å². The number of hydrogen-bond acceptors (Lipinski definition) is 6. The first-order valence-electron chi connectivity index (χ1n) is 14.1. The molecular formula is C31H42ClFN2O6. The number of methoxy groups -OCH3 is 1. The number of amides is 2. The van der Waals surface area contributed by atoms with Crippen molar-refractivity contribution >= 4 is 23.4 Å². The maximum atomic E-state index is 14.7. The maximum Gasteiger partial charge on any atom is 0.254 e. The van der Waals surface area contributed by atoms with E-state index in [0.29, 0.717) is 42.1 Å². The number of benzene rings is 2. The number of carbonyl (C=O) groups excluding carboxylic acids is 2. The van der Waals surface area contributed by atoms with Gasteiger partial charge in [-0.05, 0) is 54.7 Å². The molecule has 5 atom stereocenters. The molecule has 10 heteroatoms. The lowest BCUT2D eigenvalue weighted by Gasteiger charge is -2.42. The summed E-state index contributed by atoms with van der Waals surface area (Å²) in [5.41, 5.74) is 1.02. The van der Waals surface area contributed by atoms with E-state index in [1.165, 1.54) is 26.2 Å². The van der Waals surface area contributed by atoms with Gasteiger partial charge >= 0.3 is 0 Å². The van der Waals surface area contributed by atoms with Gasteiger partial charge in [-0.1, -0.05) is 43.6 Å². The van der Waals surface area contributed by atoms with Crippen LogP contribution in [0.15, 0.2) is 48.5 Å². The Bertz CT molecular complexity index is 1150. The summed E-state index contributed by atoms with van der Waals surface area (Å²) in [5.74, 6) is -1.32. The second-order valence-electron chi connectivity index (χ2n) is 11.0. The minimum absolute atomic E-state index is 0.00535. The van der Waals surface area contributed by atoms with Crippen LogP contribution in [-0.2, 0) is 14.3 Å². The first kappa shape index (κ1) is 32.9. The SMILES string of the molecule is CO[C@@H]1CN(C(C)=O)C[C@H](C(C)C)[C@@H](c2cccc(F)c2)N(C(=O)c2cccc(Cl)c2)CCCCOC[C@@H](O)[C@H]1O. The molecule has 2 N–H and O–H groups in total. The van der Waals surface area contributed by atoms with E-state index in [9.17, 15) is 24.2 Å². The maximum absolute atomic E-state index is 14.7. The van der Waals surface area contributed by atoms with Gasteiger partial charge in [0.2, 0.25) is 5.91 Å². The summed E-state index contributed by atoms with van der Waals surface area (Å²) in [4.78, 5) is 30.4. The summed E-state index contributed by atoms with van der Waals surface area (Å²) in [7, 11) is 1.41. The molecule has 0 aromatic heterocycles. The molecule has 2 aromatic carbocycles. The fraction of sp³-hybridized carbons (Fsp3) is 0.548. The molecule has 1 saturated heterocycles. The van der Waals surface area contributed by atoms with E-state index in [-0.39, 0.29) is 43.3 Å². The average molecular weight is 593 g/mol. The van der Waals surface area contributed by atoms with Gasteiger partial charge < -0.3 is 29.5 Å². The second-order valence-corrected chi connectivity index (χ2v) is 11.4. The Labute approximate surface area is 247 Å². The number of aliphatic hydroxyl groups is 2. The second kappa shape index (κ2) is 15.6. The third-order valence-corrected chi connectivity index (χ3v) is 7.94. The zero-order chi connectivity index (χ0) is 30.1. The van der Waals surface area contributed by atoms with E-state index in [2.05, 4.69) is 0 Å². The molecule has 2 amide bonds. The molecular weight excluding hydrogens is 551 g/mol. The summed E-state index contributed by atoms with van der Waals surface area (Å²) in [5, 5.41) is 21.8. The van der Waals surface area contributed by atoms with Crippen LogP contribution in [0, 0.1) is 17.7 Å². The molecule has 0 radical (unpaired) electrons. The van der Waals surface area contributed by atoms with Crippen LogP contribution in [0.25, 0.3) is 0 Å². The molecule has 0 spiro atoms. The first-order valence-corrected chi connectivity index (χ1v) is 14.5. The largest absolute Gasteiger partial charge is 0.388 e. The van der Waals surface area contributed by atoms with Crippen molar-refractivity contribution in [1.82, 2.24) is 9.80 Å². The van der Waals surface area contributed by atoms with Gasteiger partial charge in [-0.2, -0.15) is 0 Å². The molecule has 226 valence electrons. The smallest absolute Gasteiger partial charge is 0.254 e. The Balaban J connectivity index is 2.16. The van der Waals surface area contributed by atoms with Crippen molar-refractivity contribution < 1.29 is 33.7 Å². The van der Waals surface area contributed by atoms with Gasteiger partial charge in [0, 0.05) is 56.8 Å². The molecule has 1 aliphatic heterocycles. The predicted molar refractivity (Wildman–Crippen MR) is 155 cm³/mol. The predicted octanol–water partition coefficient (Wildman–Crippen LogP) is 4.33. The highest BCUT2D eigenvalue weighted by atomic mass is 35.5. The lowest BCUT2D eigenvalue weighted by Crippen LogP contribution is -2.51. The van der Waals surface area contributed by atoms with Crippen molar-refractivity contribution in [3.8, 4) is 0 Å². The van der Waals surface area contributed by atoms with Crippen molar-refractivity contribution in [2.45, 2.75) is 58.0 Å². The standard InChI is InChI=1S/C31H42ClFN2O6/c1-20(2)26-17-34(21(3)36)18-28(40-4)30(38)27(37)19-41-14-6-5-13-35(29(26)22-9-8-12-25(33)16-22)31(39)23-10-7-11-24(32)15-23/h7-12,15-16,20,26-30,37-38H,5-6,13-14,17-19H2,1-4H3/t26-,27-,28-,29-,30-/m1/s1. The van der Waals surface area contributed by atoms with Crippen LogP contribution in [0.4, 0.5) is 4.39 Å². The first-order chi connectivity index (χ1) is 19.5. The third-order valence-electron chi connectivity index (χ3n) is 7.70. The summed E-state index contributed by atoms with van der Waals surface area (Å²) in [6.45, 7) is 6.18. The van der Waals surface area contributed by atoms with Crippen LogP contribution in [0.2, 0.25) is 5.02 Å². The molecule has 8 nitrogen and oxygen atoms in total. The van der Waals surface area contributed by atoms with Crippen molar-refractivity contribution in [2.24, 2.45) is 11.8 Å². The van der Waals surface area contributed by atoms with E-state index < -0.39 is 30.2 Å². The number of aliphatic hydroxyl groups excluding tert-OH is 2. The number of nitrogens with zero attached hydrogens (tertiary/aromatic N) is 2. The van der Waals surface area contributed by atoms with Gasteiger partial charge in [0.05, 0.1) is 12.6 Å². The van der Waals surface area contributed by atoms with Gasteiger partial charge in [-0.3, -0.25) is 9.59 Å². The number of ether oxygens (including phenoxy) is 2. The van der Waals surface area contributed by atoms with Crippen LogP contribution >= 0.6 is 11.6 Å². The van der Waals surface area contributed by atoms with Gasteiger partial charge in [-0.15, -0.1) is 0 Å². The molecule has 41 heavy (non-hydrogen) atoms. The van der Waals surface area contributed by atoms with E-state index >= 15 is 0 Å². The van der Waals surface area contributed by atoms with Crippen molar-refractivity contribution in [2.75, 3.05) is 40.0 Å². The highest BCUT2D eigenvalue weighted by Crippen LogP contribution is 2.36. The van der Waals surface area contributed by atoms with Gasteiger partial charge in [0.1, 0.15) is 24.1 Å². The Morgan fingerprint density at radius 2 is 1.83 bits per heavy atom. The number of carbonyl (C=O) groups is 2. The summed E-state index contributed by atoms with van der Waals surface area (Å²) in [6.07, 6.45) is -2.23. The highest BCUT2D eigenvalue weighted by Gasteiger charge is 2.38. The zero-order valence-electron chi connectivity index (χ0n) is 24.2. The fourth-order valence-electron chi connectivity index (χ4n) is 5.34. The Morgan fingerprint density at radius 3 is 2.46 bits per heavy atom. The topological polar surface area (TPSA) is 99.5 Å². The monoisotopic (exact) mass is 592 g/mol. The molecule has 1 fully saturated rings. The number of rotatable bonds is 4. The van der Waals surface area contributed by atoms with Crippen molar-refractivity contribution in [3.05, 3.63) is 70.5 Å².